The van der Waals surface area contributed by atoms with Gasteiger partial charge in [-0.1, -0.05) is 27.2 Å². The molecular weight excluding hydrogens is 240 g/mol. The summed E-state index contributed by atoms with van der Waals surface area (Å²) in [5.41, 5.74) is 0. The first-order valence-electron chi connectivity index (χ1n) is 7.60. The van der Waals surface area contributed by atoms with Gasteiger partial charge >= 0.3 is 5.97 Å². The van der Waals surface area contributed by atoms with E-state index < -0.39 is 0 Å². The Morgan fingerprint density at radius 3 is 2.74 bits per heavy atom. The Morgan fingerprint density at radius 1 is 1.42 bits per heavy atom. The Kier molecular flexibility index (Phi) is 7.39. The first-order chi connectivity index (χ1) is 9.06. The number of carbonyl (C=O) groups is 1. The third kappa shape index (κ3) is 5.91. The predicted octanol–water partition coefficient (Wildman–Crippen LogP) is 1.90. The molecule has 0 amide bonds. The van der Waals surface area contributed by atoms with Crippen molar-refractivity contribution in [2.45, 2.75) is 46.1 Å². The number of methoxy groups -OCH3 is 1. The van der Waals surface area contributed by atoms with Crippen LogP contribution < -0.4 is 5.32 Å². The number of nitrogens with one attached hydrogen (secondary N) is 1. The van der Waals surface area contributed by atoms with Gasteiger partial charge in [0.2, 0.25) is 0 Å². The van der Waals surface area contributed by atoms with Crippen molar-refractivity contribution in [1.82, 2.24) is 10.2 Å². The van der Waals surface area contributed by atoms with E-state index in [1.807, 2.05) is 0 Å². The topological polar surface area (TPSA) is 41.6 Å². The summed E-state index contributed by atoms with van der Waals surface area (Å²) in [6.45, 7) is 10.6. The molecule has 0 aromatic carbocycles. The molecule has 0 aliphatic carbocycles. The van der Waals surface area contributed by atoms with Crippen molar-refractivity contribution in [2.24, 2.45) is 11.8 Å². The molecule has 1 N–H and O–H groups in total. The Hall–Kier alpha value is -0.610. The first kappa shape index (κ1) is 16.4. The molecule has 0 saturated carbocycles. The molecule has 112 valence electrons. The molecule has 2 atom stereocenters. The van der Waals surface area contributed by atoms with Crippen LogP contribution >= 0.6 is 0 Å². The average Bonchev–Trinajstić information content (AvgIpc) is 2.41. The number of esters is 1. The van der Waals surface area contributed by atoms with Crippen LogP contribution in [-0.4, -0.2) is 50.2 Å². The fraction of sp³-hybridized carbons (Fsp3) is 0.933. The summed E-state index contributed by atoms with van der Waals surface area (Å²) in [6.07, 6.45) is 3.30. The highest BCUT2D eigenvalue weighted by Gasteiger charge is 2.31. The Bertz CT molecular complexity index is 269. The quantitative estimate of drug-likeness (QED) is 0.717. The van der Waals surface area contributed by atoms with Crippen LogP contribution in [0.3, 0.4) is 0 Å². The van der Waals surface area contributed by atoms with Gasteiger partial charge in [-0.15, -0.1) is 0 Å². The maximum Gasteiger partial charge on any atom is 0.310 e. The van der Waals surface area contributed by atoms with Crippen molar-refractivity contribution >= 4 is 5.97 Å². The lowest BCUT2D eigenvalue weighted by molar-refractivity contribution is -0.147. The highest BCUT2D eigenvalue weighted by molar-refractivity contribution is 5.72. The summed E-state index contributed by atoms with van der Waals surface area (Å²) >= 11 is 0. The Morgan fingerprint density at radius 2 is 2.16 bits per heavy atom. The molecule has 4 heteroatoms. The first-order valence-corrected chi connectivity index (χ1v) is 7.60. The normalized spacial score (nSPS) is 24.7. The van der Waals surface area contributed by atoms with Crippen LogP contribution in [0.25, 0.3) is 0 Å². The third-order valence-corrected chi connectivity index (χ3v) is 3.70. The summed E-state index contributed by atoms with van der Waals surface area (Å²) in [5.74, 6) is 0.611. The van der Waals surface area contributed by atoms with Crippen molar-refractivity contribution in [1.29, 1.82) is 0 Å². The van der Waals surface area contributed by atoms with Crippen molar-refractivity contribution < 1.29 is 9.53 Å². The van der Waals surface area contributed by atoms with Crippen molar-refractivity contribution in [3.05, 3.63) is 0 Å². The second-order valence-electron chi connectivity index (χ2n) is 6.07. The molecule has 0 bridgehead atoms. The van der Waals surface area contributed by atoms with Crippen LogP contribution in [0.15, 0.2) is 0 Å². The van der Waals surface area contributed by atoms with Gasteiger partial charge in [0, 0.05) is 19.1 Å². The average molecular weight is 270 g/mol. The second kappa shape index (κ2) is 8.54. The minimum atomic E-state index is -0.0578. The fourth-order valence-electron chi connectivity index (χ4n) is 2.64. The number of ether oxygens (including phenoxy) is 1. The minimum absolute atomic E-state index is 0.0280. The number of hydrogen-bond donors (Lipinski definition) is 1. The van der Waals surface area contributed by atoms with Crippen LogP contribution in [0.1, 0.15) is 40.0 Å². The van der Waals surface area contributed by atoms with Gasteiger partial charge in [-0.2, -0.15) is 0 Å². The standard InChI is InChI=1S/C15H30N2O2/c1-5-6-7-17-10-13(15(18)19-4)8-14(11-17)16-9-12(2)3/h12-14,16H,5-11H2,1-4H3. The molecule has 1 aliphatic heterocycles. The summed E-state index contributed by atoms with van der Waals surface area (Å²) in [7, 11) is 1.49. The van der Waals surface area contributed by atoms with E-state index in [2.05, 4.69) is 31.0 Å². The molecule has 0 aromatic rings. The van der Waals surface area contributed by atoms with Gasteiger partial charge < -0.3 is 15.0 Å². The monoisotopic (exact) mass is 270 g/mol. The number of hydrogen-bond acceptors (Lipinski definition) is 4. The Balaban J connectivity index is 2.53. The molecule has 19 heavy (non-hydrogen) atoms. The van der Waals surface area contributed by atoms with E-state index in [0.717, 1.165) is 32.6 Å². The Labute approximate surface area is 117 Å². The molecule has 1 rings (SSSR count). The SMILES string of the molecule is CCCCN1CC(NCC(C)C)CC(C(=O)OC)C1. The number of unbranched alkanes of at least 4 members (excludes halogenated alkanes) is 1. The predicted molar refractivity (Wildman–Crippen MR) is 78.1 cm³/mol. The summed E-state index contributed by atoms with van der Waals surface area (Å²) in [5, 5.41) is 3.59. The van der Waals surface area contributed by atoms with Crippen molar-refractivity contribution in [3.63, 3.8) is 0 Å². The van der Waals surface area contributed by atoms with Crippen LogP contribution in [0.4, 0.5) is 0 Å². The lowest BCUT2D eigenvalue weighted by Gasteiger charge is -2.37. The van der Waals surface area contributed by atoms with Crippen LogP contribution in [0.2, 0.25) is 0 Å². The van der Waals surface area contributed by atoms with Crippen molar-refractivity contribution in [2.75, 3.05) is 33.3 Å². The van der Waals surface area contributed by atoms with E-state index >= 15 is 0 Å². The van der Waals surface area contributed by atoms with E-state index in [9.17, 15) is 4.79 Å². The van der Waals surface area contributed by atoms with Gasteiger partial charge in [-0.3, -0.25) is 4.79 Å². The highest BCUT2D eigenvalue weighted by atomic mass is 16.5. The van der Waals surface area contributed by atoms with E-state index in [1.165, 1.54) is 20.0 Å². The lowest BCUT2D eigenvalue weighted by Crippen LogP contribution is -2.51. The minimum Gasteiger partial charge on any atom is -0.469 e. The summed E-state index contributed by atoms with van der Waals surface area (Å²) in [4.78, 5) is 14.2. The zero-order valence-corrected chi connectivity index (χ0v) is 12.9. The van der Waals surface area contributed by atoms with Gasteiger partial charge in [-0.25, -0.2) is 0 Å². The molecule has 1 heterocycles. The molecule has 1 aliphatic rings. The molecule has 2 unspecified atom stereocenters. The molecule has 0 spiro atoms. The second-order valence-corrected chi connectivity index (χ2v) is 6.07. The molecular formula is C15H30N2O2. The van der Waals surface area contributed by atoms with Crippen LogP contribution in [-0.2, 0) is 9.53 Å². The van der Waals surface area contributed by atoms with E-state index in [0.29, 0.717) is 12.0 Å². The van der Waals surface area contributed by atoms with Crippen LogP contribution in [0.5, 0.6) is 0 Å². The maximum atomic E-state index is 11.8. The number of nitrogens with zero attached hydrogens (tertiary/aromatic N) is 1. The molecule has 4 nitrogen and oxygen atoms in total. The van der Waals surface area contributed by atoms with Gasteiger partial charge in [0.25, 0.3) is 0 Å². The lowest BCUT2D eigenvalue weighted by atomic mass is 9.93. The number of likely N-dealkylation sites (tertiary alicyclic amines) is 1. The van der Waals surface area contributed by atoms with E-state index in [-0.39, 0.29) is 11.9 Å². The fourth-order valence-corrected chi connectivity index (χ4v) is 2.64. The largest absolute Gasteiger partial charge is 0.469 e. The van der Waals surface area contributed by atoms with E-state index in [4.69, 9.17) is 4.74 Å². The molecule has 0 radical (unpaired) electrons. The molecule has 1 fully saturated rings. The van der Waals surface area contributed by atoms with Gasteiger partial charge in [0.05, 0.1) is 13.0 Å². The highest BCUT2D eigenvalue weighted by Crippen LogP contribution is 2.19. The van der Waals surface area contributed by atoms with Gasteiger partial charge in [0.1, 0.15) is 0 Å². The zero-order valence-electron chi connectivity index (χ0n) is 12.9. The summed E-state index contributed by atoms with van der Waals surface area (Å²) in [6, 6.07) is 0.414. The number of carbonyl (C=O) groups excluding carboxylic acids is 1. The number of piperidine rings is 1. The molecule has 1 saturated heterocycles. The van der Waals surface area contributed by atoms with Gasteiger partial charge in [0.15, 0.2) is 0 Å². The molecule has 0 aromatic heterocycles. The number of rotatable bonds is 7. The third-order valence-electron chi connectivity index (χ3n) is 3.70. The van der Waals surface area contributed by atoms with Crippen LogP contribution in [0, 0.1) is 11.8 Å². The zero-order chi connectivity index (χ0) is 14.3. The van der Waals surface area contributed by atoms with Gasteiger partial charge in [-0.05, 0) is 31.8 Å². The smallest absolute Gasteiger partial charge is 0.310 e. The van der Waals surface area contributed by atoms with E-state index in [1.54, 1.807) is 0 Å². The maximum absolute atomic E-state index is 11.8. The van der Waals surface area contributed by atoms with Crippen molar-refractivity contribution in [3.8, 4) is 0 Å². The summed E-state index contributed by atoms with van der Waals surface area (Å²) < 4.78 is 4.92.